The van der Waals surface area contributed by atoms with Crippen LogP contribution < -0.4 is 5.32 Å². The number of anilines is 1. The van der Waals surface area contributed by atoms with E-state index in [1.807, 2.05) is 6.92 Å². The van der Waals surface area contributed by atoms with Gasteiger partial charge in [-0.1, -0.05) is 25.5 Å². The molecule has 0 radical (unpaired) electrons. The number of fused-ring (bicyclic) bond motifs is 1. The van der Waals surface area contributed by atoms with Crippen LogP contribution in [0.1, 0.15) is 54.2 Å². The number of hydrogen-bond acceptors (Lipinski definition) is 4. The zero-order valence-corrected chi connectivity index (χ0v) is 17.2. The van der Waals surface area contributed by atoms with Gasteiger partial charge in [0.15, 0.2) is 6.04 Å². The fourth-order valence-electron chi connectivity index (χ4n) is 3.35. The van der Waals surface area contributed by atoms with Gasteiger partial charge >= 0.3 is 6.18 Å². The number of carbonyl (C=O) groups excluding carboxylic acids is 2. The number of nitrogens with zero attached hydrogens (tertiary/aromatic N) is 3. The van der Waals surface area contributed by atoms with E-state index >= 15 is 0 Å². The molecule has 3 rings (SSSR count). The predicted molar refractivity (Wildman–Crippen MR) is 110 cm³/mol. The maximum absolute atomic E-state index is 13.2. The number of amides is 2. The monoisotopic (exact) mass is 432 g/mol. The molecule has 164 valence electrons. The number of carbonyl (C=O) groups is 2. The van der Waals surface area contributed by atoms with E-state index in [9.17, 15) is 22.8 Å². The molecule has 2 amide bonds. The highest BCUT2D eigenvalue weighted by molar-refractivity contribution is 6.03. The van der Waals surface area contributed by atoms with E-state index in [0.717, 1.165) is 18.9 Å². The largest absolute Gasteiger partial charge is 0.418 e. The normalized spacial score (nSPS) is 15.8. The average Bonchev–Trinajstić information content (AvgIpc) is 3.07. The molecular formula is C22H23F3N4O2. The zero-order valence-electron chi connectivity index (χ0n) is 17.2. The van der Waals surface area contributed by atoms with Gasteiger partial charge in [-0.05, 0) is 43.7 Å². The number of azo groups is 1. The summed E-state index contributed by atoms with van der Waals surface area (Å²) in [5, 5.41) is 10.2. The van der Waals surface area contributed by atoms with Crippen molar-refractivity contribution in [3.8, 4) is 0 Å². The Labute approximate surface area is 178 Å². The second kappa shape index (κ2) is 9.28. The molecule has 6 nitrogen and oxygen atoms in total. The van der Waals surface area contributed by atoms with Crippen molar-refractivity contribution in [3.05, 3.63) is 59.2 Å². The molecule has 1 N–H and O–H groups in total. The Morgan fingerprint density at radius 2 is 1.84 bits per heavy atom. The Morgan fingerprint density at radius 1 is 1.13 bits per heavy atom. The molecular weight excluding hydrogens is 409 g/mol. The fourth-order valence-corrected chi connectivity index (χ4v) is 3.35. The van der Waals surface area contributed by atoms with Gasteiger partial charge in [-0.25, -0.2) is 0 Å². The summed E-state index contributed by atoms with van der Waals surface area (Å²) in [6, 6.07) is 8.82. The lowest BCUT2D eigenvalue weighted by Gasteiger charge is -2.20. The predicted octanol–water partition coefficient (Wildman–Crippen LogP) is 5.74. The van der Waals surface area contributed by atoms with Crippen LogP contribution in [0.15, 0.2) is 52.7 Å². The maximum Gasteiger partial charge on any atom is 0.418 e. The molecule has 0 aliphatic carbocycles. The summed E-state index contributed by atoms with van der Waals surface area (Å²) >= 11 is 0. The minimum Gasteiger partial charge on any atom is -0.339 e. The smallest absolute Gasteiger partial charge is 0.339 e. The first-order valence-electron chi connectivity index (χ1n) is 10.1. The second-order valence-electron chi connectivity index (χ2n) is 7.16. The van der Waals surface area contributed by atoms with Gasteiger partial charge in [0.05, 0.1) is 16.9 Å². The summed E-state index contributed by atoms with van der Waals surface area (Å²) in [5.41, 5.74) is -0.166. The van der Waals surface area contributed by atoms with Gasteiger partial charge in [0.2, 0.25) is 0 Å². The zero-order chi connectivity index (χ0) is 22.6. The Kier molecular flexibility index (Phi) is 6.72. The van der Waals surface area contributed by atoms with Crippen molar-refractivity contribution in [1.29, 1.82) is 0 Å². The van der Waals surface area contributed by atoms with Crippen molar-refractivity contribution in [2.24, 2.45) is 10.2 Å². The van der Waals surface area contributed by atoms with E-state index in [1.54, 1.807) is 29.2 Å². The Hall–Kier alpha value is -3.23. The highest BCUT2D eigenvalue weighted by Gasteiger charge is 2.40. The molecule has 0 saturated carbocycles. The van der Waals surface area contributed by atoms with Gasteiger partial charge in [0.25, 0.3) is 11.8 Å². The number of alkyl halides is 3. The lowest BCUT2D eigenvalue weighted by atomic mass is 10.0. The van der Waals surface area contributed by atoms with Gasteiger partial charge in [-0.2, -0.15) is 23.4 Å². The van der Waals surface area contributed by atoms with Crippen molar-refractivity contribution in [1.82, 2.24) is 4.90 Å². The molecule has 0 spiro atoms. The number of benzene rings is 2. The molecule has 9 heteroatoms. The van der Waals surface area contributed by atoms with E-state index in [2.05, 4.69) is 22.5 Å². The van der Waals surface area contributed by atoms with Crippen LogP contribution in [-0.2, 0) is 11.0 Å². The summed E-state index contributed by atoms with van der Waals surface area (Å²) in [5.74, 6) is -0.750. The summed E-state index contributed by atoms with van der Waals surface area (Å²) < 4.78 is 39.5. The molecule has 1 aliphatic heterocycles. The number of halogens is 3. The van der Waals surface area contributed by atoms with E-state index in [4.69, 9.17) is 0 Å². The molecule has 1 aliphatic rings. The highest BCUT2D eigenvalue weighted by atomic mass is 19.4. The van der Waals surface area contributed by atoms with Crippen molar-refractivity contribution >= 4 is 23.2 Å². The molecule has 1 atom stereocenters. The summed E-state index contributed by atoms with van der Waals surface area (Å²) in [7, 11) is 0. The first kappa shape index (κ1) is 22.5. The van der Waals surface area contributed by atoms with Crippen molar-refractivity contribution < 1.29 is 22.8 Å². The lowest BCUT2D eigenvalue weighted by molar-refractivity contribution is -0.136. The van der Waals surface area contributed by atoms with Crippen LogP contribution in [0.3, 0.4) is 0 Å². The van der Waals surface area contributed by atoms with E-state index in [0.29, 0.717) is 24.3 Å². The number of hydrogen-bond donors (Lipinski definition) is 1. The van der Waals surface area contributed by atoms with Crippen molar-refractivity contribution in [3.63, 3.8) is 0 Å². The Morgan fingerprint density at radius 3 is 2.45 bits per heavy atom. The SMILES string of the molecule is CCCCN(CC)C(=O)c1ccc(N=NC2C(=O)Nc3c2cccc3C(F)(F)F)cc1. The van der Waals surface area contributed by atoms with Crippen LogP contribution in [0, 0.1) is 0 Å². The Bertz CT molecular complexity index is 987. The highest BCUT2D eigenvalue weighted by Crippen LogP contribution is 2.43. The van der Waals surface area contributed by atoms with Crippen molar-refractivity contribution in [2.45, 2.75) is 38.9 Å². The third-order valence-electron chi connectivity index (χ3n) is 5.05. The lowest BCUT2D eigenvalue weighted by Crippen LogP contribution is -2.31. The van der Waals surface area contributed by atoms with Gasteiger partial charge in [0.1, 0.15) is 0 Å². The van der Waals surface area contributed by atoms with Gasteiger partial charge < -0.3 is 10.2 Å². The molecule has 2 aromatic rings. The number of unbranched alkanes of at least 4 members (excludes halogenated alkanes) is 1. The van der Waals surface area contributed by atoms with E-state index < -0.39 is 23.7 Å². The first-order chi connectivity index (χ1) is 14.8. The molecule has 0 aromatic heterocycles. The topological polar surface area (TPSA) is 74.1 Å². The Balaban J connectivity index is 1.77. The van der Waals surface area contributed by atoms with Crippen LogP contribution in [0.4, 0.5) is 24.5 Å². The quantitative estimate of drug-likeness (QED) is 0.566. The first-order valence-corrected chi connectivity index (χ1v) is 10.1. The molecule has 0 bridgehead atoms. The number of rotatable bonds is 7. The minimum atomic E-state index is -4.59. The fraction of sp³-hybridized carbons (Fsp3) is 0.364. The second-order valence-corrected chi connectivity index (χ2v) is 7.16. The van der Waals surface area contributed by atoms with Crippen LogP contribution >= 0.6 is 0 Å². The maximum atomic E-state index is 13.2. The van der Waals surface area contributed by atoms with Crippen LogP contribution in [0.5, 0.6) is 0 Å². The number of nitrogens with one attached hydrogen (secondary N) is 1. The van der Waals surface area contributed by atoms with Crippen LogP contribution in [0.2, 0.25) is 0 Å². The molecule has 0 saturated heterocycles. The summed E-state index contributed by atoms with van der Waals surface area (Å²) in [6.45, 7) is 5.27. The van der Waals surface area contributed by atoms with Crippen LogP contribution in [-0.4, -0.2) is 29.8 Å². The third kappa shape index (κ3) is 4.92. The summed E-state index contributed by atoms with van der Waals surface area (Å²) in [6.07, 6.45) is -2.67. The number of para-hydroxylation sites is 1. The summed E-state index contributed by atoms with van der Waals surface area (Å²) in [4.78, 5) is 26.5. The van der Waals surface area contributed by atoms with Gasteiger partial charge in [-0.15, -0.1) is 0 Å². The molecule has 2 aromatic carbocycles. The molecule has 1 unspecified atom stereocenters. The van der Waals surface area contributed by atoms with Gasteiger partial charge in [-0.3, -0.25) is 9.59 Å². The van der Waals surface area contributed by atoms with E-state index in [1.165, 1.54) is 12.1 Å². The van der Waals surface area contributed by atoms with Crippen LogP contribution in [0.25, 0.3) is 0 Å². The average molecular weight is 432 g/mol. The van der Waals surface area contributed by atoms with E-state index in [-0.39, 0.29) is 17.2 Å². The third-order valence-corrected chi connectivity index (χ3v) is 5.05. The minimum absolute atomic E-state index is 0.0804. The standard InChI is InChI=1S/C22H23F3N4O2/c1-3-5-13-29(4-2)21(31)14-9-11-15(12-10-14)27-28-19-16-7-6-8-17(22(23,24)25)18(16)26-20(19)30/h6-12,19H,3-5,13H2,1-2H3,(H,26,30). The van der Waals surface area contributed by atoms with Gasteiger partial charge in [0, 0.05) is 24.2 Å². The van der Waals surface area contributed by atoms with Crippen molar-refractivity contribution in [2.75, 3.05) is 18.4 Å². The molecule has 1 heterocycles. The molecule has 31 heavy (non-hydrogen) atoms. The molecule has 0 fully saturated rings.